The number of hydrogen-bond acceptors (Lipinski definition) is 10. The van der Waals surface area contributed by atoms with Gasteiger partial charge in [0.15, 0.2) is 6.10 Å². The highest BCUT2D eigenvalue weighted by molar-refractivity contribution is 5.79. The maximum Gasteiger partial charge on any atom is 0.403 e. The van der Waals surface area contributed by atoms with E-state index in [1.54, 1.807) is 0 Å². The van der Waals surface area contributed by atoms with Crippen LogP contribution in [0.4, 0.5) is 0 Å². The Morgan fingerprint density at radius 2 is 1.50 bits per heavy atom. The van der Waals surface area contributed by atoms with Gasteiger partial charge in [-0.05, 0) is 0 Å². The van der Waals surface area contributed by atoms with Crippen LogP contribution in [-0.2, 0) is 19.1 Å². The van der Waals surface area contributed by atoms with Crippen molar-refractivity contribution in [2.24, 2.45) is 5.73 Å². The number of cyclic esters (lactones) is 2. The number of ether oxygens (including phenoxy) is 2. The fourth-order valence-corrected chi connectivity index (χ4v) is 1.54. The molecular formula is C10H17NO9. The molecule has 0 amide bonds. The van der Waals surface area contributed by atoms with Crippen LogP contribution in [0.3, 0.4) is 0 Å². The van der Waals surface area contributed by atoms with Crippen LogP contribution in [-0.4, -0.2) is 74.4 Å². The first-order valence-corrected chi connectivity index (χ1v) is 5.79. The molecule has 1 aliphatic heterocycles. The van der Waals surface area contributed by atoms with Gasteiger partial charge in [-0.3, -0.25) is 9.59 Å². The van der Waals surface area contributed by atoms with Crippen molar-refractivity contribution in [2.75, 3.05) is 6.54 Å². The minimum atomic E-state index is -3.15. The van der Waals surface area contributed by atoms with E-state index in [0.29, 0.717) is 0 Å². The van der Waals surface area contributed by atoms with Crippen LogP contribution >= 0.6 is 0 Å². The fraction of sp³-hybridized carbons (Fsp3) is 0.800. The van der Waals surface area contributed by atoms with Gasteiger partial charge in [0.25, 0.3) is 0 Å². The zero-order valence-corrected chi connectivity index (χ0v) is 10.4. The van der Waals surface area contributed by atoms with E-state index >= 15 is 0 Å². The molecule has 4 atom stereocenters. The van der Waals surface area contributed by atoms with E-state index < -0.39 is 48.9 Å². The summed E-state index contributed by atoms with van der Waals surface area (Å²) in [5.41, 5.74) is 5.06. The van der Waals surface area contributed by atoms with E-state index in [-0.39, 0.29) is 12.8 Å². The summed E-state index contributed by atoms with van der Waals surface area (Å²) in [6.07, 6.45) is -8.90. The first-order valence-electron chi connectivity index (χ1n) is 5.79. The van der Waals surface area contributed by atoms with Gasteiger partial charge in [0.1, 0.15) is 12.2 Å². The molecule has 0 spiro atoms. The average molecular weight is 295 g/mol. The van der Waals surface area contributed by atoms with Crippen molar-refractivity contribution in [3.05, 3.63) is 0 Å². The molecule has 116 valence electrons. The van der Waals surface area contributed by atoms with E-state index in [4.69, 9.17) is 5.73 Å². The minimum absolute atomic E-state index is 0.377. The number of esters is 2. The number of hydrogen-bond donors (Lipinski definition) is 6. The molecular weight excluding hydrogens is 278 g/mol. The lowest BCUT2D eigenvalue weighted by molar-refractivity contribution is -0.372. The number of aliphatic hydroxyl groups is 5. The molecule has 10 heteroatoms. The first kappa shape index (κ1) is 16.8. The van der Waals surface area contributed by atoms with Gasteiger partial charge in [-0.25, -0.2) is 0 Å². The van der Waals surface area contributed by atoms with E-state index in [2.05, 4.69) is 9.47 Å². The summed E-state index contributed by atoms with van der Waals surface area (Å²) in [4.78, 5) is 22.4. The monoisotopic (exact) mass is 295 g/mol. The summed E-state index contributed by atoms with van der Waals surface area (Å²) >= 11 is 0. The summed E-state index contributed by atoms with van der Waals surface area (Å²) < 4.78 is 8.71. The topological polar surface area (TPSA) is 180 Å². The van der Waals surface area contributed by atoms with Crippen LogP contribution in [0.2, 0.25) is 0 Å². The summed E-state index contributed by atoms with van der Waals surface area (Å²) in [7, 11) is 0. The Morgan fingerprint density at radius 3 is 1.90 bits per heavy atom. The molecule has 0 aromatic heterocycles. The van der Waals surface area contributed by atoms with Crippen molar-refractivity contribution in [1.29, 1.82) is 0 Å². The van der Waals surface area contributed by atoms with E-state index in [1.165, 1.54) is 0 Å². The lowest BCUT2D eigenvalue weighted by atomic mass is 10.0. The Morgan fingerprint density at radius 1 is 1.05 bits per heavy atom. The van der Waals surface area contributed by atoms with Crippen molar-refractivity contribution in [3.63, 3.8) is 0 Å². The van der Waals surface area contributed by atoms with E-state index in [0.717, 1.165) is 0 Å². The minimum Gasteiger partial charge on any atom is -0.396 e. The highest BCUT2D eigenvalue weighted by Crippen LogP contribution is 2.24. The lowest BCUT2D eigenvalue weighted by Crippen LogP contribution is -2.59. The van der Waals surface area contributed by atoms with Crippen LogP contribution in [0, 0.1) is 0 Å². The lowest BCUT2D eigenvalue weighted by Gasteiger charge is -2.34. The zero-order chi connectivity index (χ0) is 15.5. The number of carbonyl (C=O) groups excluding carboxylic acids is 2. The van der Waals surface area contributed by atoms with Crippen molar-refractivity contribution in [2.45, 2.75) is 43.2 Å². The molecule has 0 radical (unpaired) electrons. The maximum atomic E-state index is 11.2. The molecule has 0 aromatic rings. The highest BCUT2D eigenvalue weighted by Gasteiger charge is 2.52. The SMILES string of the molecule is NCC(O)C(O)C(O)C(O)C1(O)OC(=O)CCC(=O)O1. The van der Waals surface area contributed by atoms with Gasteiger partial charge in [-0.2, -0.15) is 0 Å². The Bertz CT molecular complexity index is 356. The zero-order valence-electron chi connectivity index (χ0n) is 10.4. The predicted molar refractivity (Wildman–Crippen MR) is 59.4 cm³/mol. The Kier molecular flexibility index (Phi) is 5.39. The van der Waals surface area contributed by atoms with Crippen molar-refractivity contribution in [1.82, 2.24) is 0 Å². The van der Waals surface area contributed by atoms with Gasteiger partial charge in [0, 0.05) is 6.54 Å². The Balaban J connectivity index is 2.88. The van der Waals surface area contributed by atoms with Crippen LogP contribution in [0.5, 0.6) is 0 Å². The van der Waals surface area contributed by atoms with Gasteiger partial charge in [-0.15, -0.1) is 0 Å². The second-order valence-corrected chi connectivity index (χ2v) is 4.31. The van der Waals surface area contributed by atoms with E-state index in [1.807, 2.05) is 0 Å². The van der Waals surface area contributed by atoms with E-state index in [9.17, 15) is 35.1 Å². The van der Waals surface area contributed by atoms with Crippen molar-refractivity contribution < 1.29 is 44.6 Å². The van der Waals surface area contributed by atoms with Crippen LogP contribution in [0.15, 0.2) is 0 Å². The Hall–Kier alpha value is -1.30. The van der Waals surface area contributed by atoms with Crippen molar-refractivity contribution in [3.8, 4) is 0 Å². The van der Waals surface area contributed by atoms with Crippen LogP contribution < -0.4 is 5.73 Å². The molecule has 0 saturated carbocycles. The standard InChI is InChI=1S/C10H17NO9/c11-3-4(12)7(15)8(16)9(17)10(18)19-5(13)1-2-6(14)20-10/h4,7-9,12,15-18H,1-3,11H2. The van der Waals surface area contributed by atoms with Crippen LogP contribution in [0.25, 0.3) is 0 Å². The van der Waals surface area contributed by atoms with Crippen LogP contribution in [0.1, 0.15) is 12.8 Å². The normalized spacial score (nSPS) is 24.9. The number of rotatable bonds is 5. The average Bonchev–Trinajstić information content (AvgIpc) is 2.54. The van der Waals surface area contributed by atoms with Gasteiger partial charge >= 0.3 is 17.9 Å². The summed E-state index contributed by atoms with van der Waals surface area (Å²) in [5, 5.41) is 47.9. The quantitative estimate of drug-likeness (QED) is 0.273. The molecule has 1 heterocycles. The fourth-order valence-electron chi connectivity index (χ4n) is 1.54. The maximum absolute atomic E-state index is 11.2. The second kappa shape index (κ2) is 6.43. The molecule has 1 aliphatic rings. The third-order valence-electron chi connectivity index (χ3n) is 2.74. The largest absolute Gasteiger partial charge is 0.403 e. The summed E-state index contributed by atoms with van der Waals surface area (Å²) in [5.74, 6) is -5.24. The third-order valence-corrected chi connectivity index (χ3v) is 2.74. The van der Waals surface area contributed by atoms with Crippen molar-refractivity contribution >= 4 is 11.9 Å². The third kappa shape index (κ3) is 3.62. The van der Waals surface area contributed by atoms with Gasteiger partial charge in [0.05, 0.1) is 18.9 Å². The highest BCUT2D eigenvalue weighted by atomic mass is 16.9. The van der Waals surface area contributed by atoms with Gasteiger partial charge in [-0.1, -0.05) is 0 Å². The second-order valence-electron chi connectivity index (χ2n) is 4.31. The molecule has 1 saturated heterocycles. The molecule has 0 aromatic carbocycles. The number of nitrogens with two attached hydrogens (primary N) is 1. The molecule has 0 bridgehead atoms. The Labute approximate surface area is 113 Å². The summed E-state index contributed by atoms with van der Waals surface area (Å²) in [6.45, 7) is -0.442. The molecule has 4 unspecified atom stereocenters. The molecule has 20 heavy (non-hydrogen) atoms. The van der Waals surface area contributed by atoms with Gasteiger partial charge in [0.2, 0.25) is 0 Å². The molecule has 7 N–H and O–H groups in total. The molecule has 1 fully saturated rings. The van der Waals surface area contributed by atoms with Gasteiger partial charge < -0.3 is 40.7 Å². The smallest absolute Gasteiger partial charge is 0.396 e. The number of aliphatic hydroxyl groups excluding tert-OH is 4. The molecule has 1 rings (SSSR count). The predicted octanol–water partition coefficient (Wildman–Crippen LogP) is -4.08. The molecule has 0 aliphatic carbocycles. The first-order chi connectivity index (χ1) is 9.21. The number of carbonyl (C=O) groups is 2. The molecule has 10 nitrogen and oxygen atoms in total. The summed E-state index contributed by atoms with van der Waals surface area (Å²) in [6, 6.07) is 0.